The molecular weight excluding hydrogens is 327 g/mol. The van der Waals surface area contributed by atoms with Gasteiger partial charge < -0.3 is 5.32 Å². The predicted molar refractivity (Wildman–Crippen MR) is 91.0 cm³/mol. The van der Waals surface area contributed by atoms with Crippen LogP contribution in [0.1, 0.15) is 34.6 Å². The van der Waals surface area contributed by atoms with E-state index in [1.807, 2.05) is 30.3 Å². The molecule has 0 spiro atoms. The fraction of sp³-hybridized carbons (Fsp3) is 0.250. The molecule has 3 rings (SSSR count). The summed E-state index contributed by atoms with van der Waals surface area (Å²) in [6.45, 7) is 1.72. The monoisotopic (exact) mass is 345 g/mol. The van der Waals surface area contributed by atoms with Gasteiger partial charge in [0, 0.05) is 24.7 Å². The number of nitrogens with one attached hydrogen (secondary N) is 1. The second-order valence-electron chi connectivity index (χ2n) is 6.16. The van der Waals surface area contributed by atoms with Crippen LogP contribution in [0.2, 0.25) is 0 Å². The largest absolute Gasteiger partial charge is 0.416 e. The molecule has 1 unspecified atom stereocenters. The highest BCUT2D eigenvalue weighted by atomic mass is 19.4. The van der Waals surface area contributed by atoms with Crippen molar-refractivity contribution in [2.75, 3.05) is 7.05 Å². The fourth-order valence-electron chi connectivity index (χ4n) is 3.27. The zero-order chi connectivity index (χ0) is 18.2. The van der Waals surface area contributed by atoms with Crippen LogP contribution in [0.4, 0.5) is 13.2 Å². The molecule has 130 valence electrons. The number of allylic oxidation sites excluding steroid dienone is 2. The highest BCUT2D eigenvalue weighted by Gasteiger charge is 2.37. The quantitative estimate of drug-likeness (QED) is 0.873. The molecule has 1 aliphatic carbocycles. The van der Waals surface area contributed by atoms with Gasteiger partial charge in [0.15, 0.2) is 5.78 Å². The van der Waals surface area contributed by atoms with E-state index in [0.717, 1.165) is 17.7 Å². The molecule has 0 aromatic heterocycles. The lowest BCUT2D eigenvalue weighted by atomic mass is 9.91. The summed E-state index contributed by atoms with van der Waals surface area (Å²) in [4.78, 5) is 13.0. The molecular formula is C20H18F3NO. The second-order valence-corrected chi connectivity index (χ2v) is 6.16. The van der Waals surface area contributed by atoms with Gasteiger partial charge in [-0.15, -0.1) is 0 Å². The molecule has 2 nitrogen and oxygen atoms in total. The van der Waals surface area contributed by atoms with Gasteiger partial charge in [0.2, 0.25) is 0 Å². The summed E-state index contributed by atoms with van der Waals surface area (Å²) in [5.41, 5.74) is 2.17. The highest BCUT2D eigenvalue weighted by molar-refractivity contribution is 6.26. The number of Topliss-reactive ketones (excluding diaryl/α,β-unsaturated/α-hetero) is 1. The molecule has 0 bridgehead atoms. The molecule has 0 saturated carbocycles. The maximum absolute atomic E-state index is 13.1. The summed E-state index contributed by atoms with van der Waals surface area (Å²) in [6.07, 6.45) is -3.98. The van der Waals surface area contributed by atoms with Crippen molar-refractivity contribution in [1.82, 2.24) is 5.32 Å². The first-order valence-electron chi connectivity index (χ1n) is 8.01. The van der Waals surface area contributed by atoms with Crippen molar-refractivity contribution < 1.29 is 18.0 Å². The second kappa shape index (κ2) is 6.39. The number of aryl methyl sites for hydroxylation is 1. The van der Waals surface area contributed by atoms with E-state index in [1.165, 1.54) is 6.07 Å². The maximum atomic E-state index is 13.1. The third-order valence-electron chi connectivity index (χ3n) is 4.61. The van der Waals surface area contributed by atoms with E-state index >= 15 is 0 Å². The number of alkyl halides is 3. The van der Waals surface area contributed by atoms with Crippen LogP contribution in [0, 0.1) is 6.92 Å². The topological polar surface area (TPSA) is 29.1 Å². The zero-order valence-corrected chi connectivity index (χ0v) is 13.9. The van der Waals surface area contributed by atoms with E-state index in [2.05, 4.69) is 5.32 Å². The summed E-state index contributed by atoms with van der Waals surface area (Å²) in [5.74, 6) is -0.509. The summed E-state index contributed by atoms with van der Waals surface area (Å²) in [7, 11) is 1.69. The number of halogens is 3. The molecule has 0 radical (unpaired) electrons. The predicted octanol–water partition coefficient (Wildman–Crippen LogP) is 4.70. The lowest BCUT2D eigenvalue weighted by Gasteiger charge is -2.14. The first kappa shape index (κ1) is 17.3. The summed E-state index contributed by atoms with van der Waals surface area (Å²) in [6, 6.07) is 12.9. The van der Waals surface area contributed by atoms with Gasteiger partial charge in [0.25, 0.3) is 0 Å². The van der Waals surface area contributed by atoms with E-state index in [-0.39, 0.29) is 11.7 Å². The van der Waals surface area contributed by atoms with Crippen LogP contribution in [0.3, 0.4) is 0 Å². The van der Waals surface area contributed by atoms with Gasteiger partial charge in [-0.3, -0.25) is 4.79 Å². The fourth-order valence-corrected chi connectivity index (χ4v) is 3.27. The minimum Gasteiger partial charge on any atom is -0.391 e. The molecule has 0 heterocycles. The molecule has 1 N–H and O–H groups in total. The van der Waals surface area contributed by atoms with Crippen LogP contribution >= 0.6 is 0 Å². The van der Waals surface area contributed by atoms with E-state index < -0.39 is 11.7 Å². The van der Waals surface area contributed by atoms with Crippen molar-refractivity contribution in [3.8, 4) is 0 Å². The van der Waals surface area contributed by atoms with Crippen LogP contribution < -0.4 is 5.32 Å². The standard InChI is InChI=1S/C20H18F3NO/c1-12-8-9-14(20(21,22)23)10-15(12)18-17(24-2)11-16(19(18)25)13-6-4-3-5-7-13/h3-10,16,24H,11H2,1-2H3. The smallest absolute Gasteiger partial charge is 0.391 e. The Balaban J connectivity index is 2.08. The average molecular weight is 345 g/mol. The van der Waals surface area contributed by atoms with Crippen molar-refractivity contribution in [3.63, 3.8) is 0 Å². The van der Waals surface area contributed by atoms with Crippen LogP contribution in [0.5, 0.6) is 0 Å². The number of rotatable bonds is 3. The number of hydrogen-bond acceptors (Lipinski definition) is 2. The molecule has 0 fully saturated rings. The number of ketones is 1. The van der Waals surface area contributed by atoms with E-state index in [4.69, 9.17) is 0 Å². The number of benzene rings is 2. The number of carbonyl (C=O) groups excluding carboxylic acids is 1. The van der Waals surface area contributed by atoms with Crippen molar-refractivity contribution >= 4 is 11.4 Å². The van der Waals surface area contributed by atoms with E-state index in [9.17, 15) is 18.0 Å². The molecule has 1 aliphatic rings. The first-order valence-corrected chi connectivity index (χ1v) is 8.01. The molecule has 0 amide bonds. The molecule has 0 aliphatic heterocycles. The van der Waals surface area contributed by atoms with Gasteiger partial charge >= 0.3 is 6.18 Å². The van der Waals surface area contributed by atoms with Gasteiger partial charge in [0.05, 0.1) is 11.5 Å². The Bertz CT molecular complexity index is 838. The Morgan fingerprint density at radius 3 is 2.36 bits per heavy atom. The number of hydrogen-bond donors (Lipinski definition) is 1. The van der Waals surface area contributed by atoms with Crippen LogP contribution in [0.25, 0.3) is 5.57 Å². The minimum absolute atomic E-state index is 0.141. The number of carbonyl (C=O) groups is 1. The molecule has 1 atom stereocenters. The van der Waals surface area contributed by atoms with Crippen molar-refractivity contribution in [1.29, 1.82) is 0 Å². The first-order chi connectivity index (χ1) is 11.8. The van der Waals surface area contributed by atoms with Gasteiger partial charge in [0.1, 0.15) is 0 Å². The maximum Gasteiger partial charge on any atom is 0.416 e. The van der Waals surface area contributed by atoms with Gasteiger partial charge in [-0.1, -0.05) is 36.4 Å². The summed E-state index contributed by atoms with van der Waals surface area (Å²) in [5, 5.41) is 3.01. The van der Waals surface area contributed by atoms with E-state index in [1.54, 1.807) is 14.0 Å². The third-order valence-corrected chi connectivity index (χ3v) is 4.61. The average Bonchev–Trinajstić information content (AvgIpc) is 2.91. The van der Waals surface area contributed by atoms with Gasteiger partial charge in [-0.25, -0.2) is 0 Å². The van der Waals surface area contributed by atoms with Gasteiger partial charge in [-0.05, 0) is 35.7 Å². The van der Waals surface area contributed by atoms with Crippen molar-refractivity contribution in [3.05, 3.63) is 76.5 Å². The molecule has 5 heteroatoms. The third kappa shape index (κ3) is 3.18. The van der Waals surface area contributed by atoms with Crippen molar-refractivity contribution in [2.45, 2.75) is 25.4 Å². The SMILES string of the molecule is CNC1=C(c2cc(C(F)(F)F)ccc2C)C(=O)C(c2ccccc2)C1. The Morgan fingerprint density at radius 1 is 1.08 bits per heavy atom. The zero-order valence-electron chi connectivity index (χ0n) is 13.9. The molecule has 25 heavy (non-hydrogen) atoms. The normalized spacial score (nSPS) is 18.0. The summed E-state index contributed by atoms with van der Waals surface area (Å²) < 4.78 is 39.3. The molecule has 0 saturated heterocycles. The Hall–Kier alpha value is -2.56. The molecule has 2 aromatic carbocycles. The van der Waals surface area contributed by atoms with Crippen molar-refractivity contribution in [2.24, 2.45) is 0 Å². The van der Waals surface area contributed by atoms with E-state index in [0.29, 0.717) is 28.8 Å². The van der Waals surface area contributed by atoms with Crippen LogP contribution in [0.15, 0.2) is 54.2 Å². The summed E-state index contributed by atoms with van der Waals surface area (Å²) >= 11 is 0. The Kier molecular flexibility index (Phi) is 4.41. The molecule has 2 aromatic rings. The van der Waals surface area contributed by atoms with Crippen LogP contribution in [-0.2, 0) is 11.0 Å². The van der Waals surface area contributed by atoms with Crippen LogP contribution in [-0.4, -0.2) is 12.8 Å². The highest BCUT2D eigenvalue weighted by Crippen LogP contribution is 2.41. The minimum atomic E-state index is -4.44. The lowest BCUT2D eigenvalue weighted by Crippen LogP contribution is -2.11. The Labute approximate surface area is 144 Å². The lowest BCUT2D eigenvalue weighted by molar-refractivity contribution is -0.137. The van der Waals surface area contributed by atoms with Gasteiger partial charge in [-0.2, -0.15) is 13.2 Å². The Morgan fingerprint density at radius 2 is 1.76 bits per heavy atom.